The first-order chi connectivity index (χ1) is 15.1. The van der Waals surface area contributed by atoms with Crippen molar-refractivity contribution in [2.45, 2.75) is 43.5 Å². The highest BCUT2D eigenvalue weighted by atomic mass is 35.5. The van der Waals surface area contributed by atoms with Crippen LogP contribution in [0.15, 0.2) is 24.3 Å². The zero-order valence-electron chi connectivity index (χ0n) is 16.8. The first-order valence-corrected chi connectivity index (χ1v) is 10.8. The Balaban J connectivity index is 1.44. The van der Waals surface area contributed by atoms with Crippen molar-refractivity contribution in [1.82, 2.24) is 19.4 Å². The van der Waals surface area contributed by atoms with Gasteiger partial charge in [-0.3, -0.25) is 9.59 Å². The van der Waals surface area contributed by atoms with Gasteiger partial charge in [-0.05, 0) is 42.9 Å². The average Bonchev–Trinajstić information content (AvgIpc) is 3.43. The van der Waals surface area contributed by atoms with Crippen LogP contribution in [0.3, 0.4) is 0 Å². The monoisotopic (exact) mass is 468 g/mol. The van der Waals surface area contributed by atoms with Gasteiger partial charge >= 0.3 is 6.18 Å². The second-order valence-electron chi connectivity index (χ2n) is 8.44. The number of hydrogen-bond donors (Lipinski definition) is 1. The average molecular weight is 469 g/mol. The molecular weight excluding hydrogens is 449 g/mol. The van der Waals surface area contributed by atoms with E-state index in [0.717, 1.165) is 18.9 Å². The predicted molar refractivity (Wildman–Crippen MR) is 108 cm³/mol. The molecule has 170 valence electrons. The number of pyridine rings is 1. The molecule has 1 aliphatic heterocycles. The highest BCUT2D eigenvalue weighted by Crippen LogP contribution is 2.43. The number of fused-ring (bicyclic) bond motifs is 1. The van der Waals surface area contributed by atoms with Crippen LogP contribution in [0.4, 0.5) is 13.2 Å². The maximum absolute atomic E-state index is 13.7. The Morgan fingerprint density at radius 1 is 1.22 bits per heavy atom. The highest BCUT2D eigenvalue weighted by molar-refractivity contribution is 6.36. The van der Waals surface area contributed by atoms with Crippen molar-refractivity contribution in [2.75, 3.05) is 19.6 Å². The second kappa shape index (κ2) is 7.48. The number of amides is 2. The molecule has 2 fully saturated rings. The van der Waals surface area contributed by atoms with Gasteiger partial charge in [-0.2, -0.15) is 18.3 Å². The van der Waals surface area contributed by atoms with E-state index in [1.807, 2.05) is 0 Å². The van der Waals surface area contributed by atoms with E-state index >= 15 is 0 Å². The van der Waals surface area contributed by atoms with E-state index in [9.17, 15) is 27.9 Å². The van der Waals surface area contributed by atoms with Gasteiger partial charge in [-0.15, -0.1) is 0 Å². The maximum atomic E-state index is 13.7. The molecule has 7 nitrogen and oxygen atoms in total. The molecule has 2 amide bonds. The van der Waals surface area contributed by atoms with Gasteiger partial charge in [0, 0.05) is 13.1 Å². The lowest BCUT2D eigenvalue weighted by molar-refractivity contribution is -0.142. The Morgan fingerprint density at radius 3 is 2.56 bits per heavy atom. The van der Waals surface area contributed by atoms with Crippen LogP contribution in [0.5, 0.6) is 0 Å². The van der Waals surface area contributed by atoms with Crippen molar-refractivity contribution >= 4 is 28.9 Å². The SMILES string of the molecule is O=C(c1nn2c(C(F)(F)F)cc(C3CC3)cc2c1Cl)N1CCN(C2CC=CC2O)C(=O)C1. The molecule has 1 N–H and O–H groups in total. The van der Waals surface area contributed by atoms with Crippen LogP contribution in [0.1, 0.15) is 46.9 Å². The number of rotatable bonds is 3. The number of carbonyl (C=O) groups excluding carboxylic acids is 2. The van der Waals surface area contributed by atoms with Gasteiger partial charge in [0.1, 0.15) is 12.2 Å². The molecule has 0 radical (unpaired) electrons. The summed E-state index contributed by atoms with van der Waals surface area (Å²) in [5, 5.41) is 13.8. The summed E-state index contributed by atoms with van der Waals surface area (Å²) in [5.74, 6) is -0.987. The molecule has 0 aromatic carbocycles. The number of alkyl halides is 3. The maximum Gasteiger partial charge on any atom is 0.433 e. The van der Waals surface area contributed by atoms with Crippen molar-refractivity contribution in [3.8, 4) is 0 Å². The molecule has 0 bridgehead atoms. The number of aliphatic hydroxyl groups is 1. The molecule has 2 aromatic rings. The van der Waals surface area contributed by atoms with Crippen molar-refractivity contribution in [3.05, 3.63) is 46.3 Å². The largest absolute Gasteiger partial charge is 0.433 e. The number of halogens is 4. The van der Waals surface area contributed by atoms with Gasteiger partial charge in [0.15, 0.2) is 5.69 Å². The number of hydrogen-bond acceptors (Lipinski definition) is 4. The van der Waals surface area contributed by atoms with Crippen LogP contribution in [0.2, 0.25) is 5.02 Å². The summed E-state index contributed by atoms with van der Waals surface area (Å²) in [6.07, 6.45) is 0.144. The van der Waals surface area contributed by atoms with Crippen LogP contribution < -0.4 is 0 Å². The standard InChI is InChI=1S/C21H20ClF3N4O3/c22-18-14-8-12(11-4-5-11)9-16(21(23,24)25)29(14)26-19(18)20(32)27-6-7-28(17(31)10-27)13-2-1-3-15(13)30/h1,3,8-9,11,13,15,30H,2,4-7,10H2. The van der Waals surface area contributed by atoms with Crippen molar-refractivity contribution in [3.63, 3.8) is 0 Å². The van der Waals surface area contributed by atoms with Crippen molar-refractivity contribution in [1.29, 1.82) is 0 Å². The quantitative estimate of drug-likeness (QED) is 0.703. The van der Waals surface area contributed by atoms with Gasteiger partial charge < -0.3 is 14.9 Å². The molecule has 2 atom stereocenters. The van der Waals surface area contributed by atoms with E-state index in [0.29, 0.717) is 16.5 Å². The van der Waals surface area contributed by atoms with Crippen LogP contribution in [-0.4, -0.2) is 68.1 Å². The molecule has 32 heavy (non-hydrogen) atoms. The van der Waals surface area contributed by atoms with E-state index in [1.165, 1.54) is 9.80 Å². The Hall–Kier alpha value is -2.59. The number of aromatic nitrogens is 2. The van der Waals surface area contributed by atoms with Gasteiger partial charge in [-0.1, -0.05) is 23.8 Å². The topological polar surface area (TPSA) is 78.2 Å². The zero-order valence-corrected chi connectivity index (χ0v) is 17.6. The van der Waals surface area contributed by atoms with E-state index in [1.54, 1.807) is 18.2 Å². The van der Waals surface area contributed by atoms with E-state index in [4.69, 9.17) is 11.6 Å². The van der Waals surface area contributed by atoms with Crippen LogP contribution in [0, 0.1) is 0 Å². The third-order valence-corrected chi connectivity index (χ3v) is 6.66. The second-order valence-corrected chi connectivity index (χ2v) is 8.82. The Kier molecular flexibility index (Phi) is 4.97. The lowest BCUT2D eigenvalue weighted by Crippen LogP contribution is -2.57. The van der Waals surface area contributed by atoms with Gasteiger partial charge in [0.05, 0.1) is 22.7 Å². The van der Waals surface area contributed by atoms with E-state index < -0.39 is 23.9 Å². The molecule has 1 saturated heterocycles. The fourth-order valence-corrected chi connectivity index (χ4v) is 4.68. The molecule has 5 rings (SSSR count). The van der Waals surface area contributed by atoms with Crippen LogP contribution in [-0.2, 0) is 11.0 Å². The Labute approximate surface area is 186 Å². The lowest BCUT2D eigenvalue weighted by Gasteiger charge is -2.38. The minimum Gasteiger partial charge on any atom is -0.387 e. The van der Waals surface area contributed by atoms with E-state index in [2.05, 4.69) is 5.10 Å². The molecule has 0 spiro atoms. The van der Waals surface area contributed by atoms with Gasteiger partial charge in [0.25, 0.3) is 5.91 Å². The molecular formula is C21H20ClF3N4O3. The summed E-state index contributed by atoms with van der Waals surface area (Å²) < 4.78 is 41.7. The van der Waals surface area contributed by atoms with Gasteiger partial charge in [0.2, 0.25) is 5.91 Å². The summed E-state index contributed by atoms with van der Waals surface area (Å²) in [7, 11) is 0. The van der Waals surface area contributed by atoms with Gasteiger partial charge in [-0.25, -0.2) is 4.52 Å². The first kappa shape index (κ1) is 21.3. The number of piperazine rings is 1. The molecule has 2 aliphatic carbocycles. The lowest BCUT2D eigenvalue weighted by atomic mass is 10.1. The molecule has 11 heteroatoms. The summed E-state index contributed by atoms with van der Waals surface area (Å²) >= 11 is 6.34. The number of carbonyl (C=O) groups is 2. The first-order valence-electron chi connectivity index (χ1n) is 10.4. The minimum absolute atomic E-state index is 0.0249. The minimum atomic E-state index is -4.67. The smallest absolute Gasteiger partial charge is 0.387 e. The normalized spacial score (nSPS) is 24.1. The third kappa shape index (κ3) is 3.55. The van der Waals surface area contributed by atoms with Crippen molar-refractivity contribution < 1.29 is 27.9 Å². The summed E-state index contributed by atoms with van der Waals surface area (Å²) in [4.78, 5) is 28.5. The summed E-state index contributed by atoms with van der Waals surface area (Å²) in [5.41, 5.74) is -0.745. The zero-order chi connectivity index (χ0) is 22.8. The van der Waals surface area contributed by atoms with Crippen LogP contribution in [0.25, 0.3) is 5.52 Å². The van der Waals surface area contributed by atoms with E-state index in [-0.39, 0.29) is 53.7 Å². The molecule has 2 aromatic heterocycles. The van der Waals surface area contributed by atoms with Crippen molar-refractivity contribution in [2.24, 2.45) is 0 Å². The number of nitrogens with zero attached hydrogens (tertiary/aromatic N) is 4. The molecule has 3 heterocycles. The summed E-state index contributed by atoms with van der Waals surface area (Å²) in [6, 6.07) is 2.25. The Bertz CT molecular complexity index is 1140. The molecule has 2 unspecified atom stereocenters. The number of aliphatic hydroxyl groups excluding tert-OH is 1. The third-order valence-electron chi connectivity index (χ3n) is 6.29. The summed E-state index contributed by atoms with van der Waals surface area (Å²) in [6.45, 7) is 0.113. The predicted octanol–water partition coefficient (Wildman–Crippen LogP) is 2.86. The highest BCUT2D eigenvalue weighted by Gasteiger charge is 2.39. The molecule has 1 saturated carbocycles. The fourth-order valence-electron chi connectivity index (χ4n) is 4.43. The van der Waals surface area contributed by atoms with Crippen LogP contribution >= 0.6 is 11.6 Å². The molecule has 3 aliphatic rings. The fraction of sp³-hybridized carbons (Fsp3) is 0.476. The Morgan fingerprint density at radius 2 is 1.97 bits per heavy atom.